The molecule has 3 aromatic rings. The molecule has 1 amide bonds. The molecule has 2 aromatic carbocycles. The lowest BCUT2D eigenvalue weighted by molar-refractivity contribution is -0.136. The molecule has 0 atom stereocenters. The van der Waals surface area contributed by atoms with Crippen LogP contribution in [0.15, 0.2) is 57.5 Å². The molecule has 0 bridgehead atoms. The summed E-state index contributed by atoms with van der Waals surface area (Å²) >= 11 is 3.47. The van der Waals surface area contributed by atoms with Gasteiger partial charge in [0.15, 0.2) is 0 Å². The number of amides is 1. The van der Waals surface area contributed by atoms with E-state index in [1.165, 1.54) is 0 Å². The summed E-state index contributed by atoms with van der Waals surface area (Å²) in [5.41, 5.74) is 1.93. The Hall–Kier alpha value is -2.71. The van der Waals surface area contributed by atoms with Crippen LogP contribution in [0.4, 0.5) is 0 Å². The molecular weight excluding hydrogens is 472 g/mol. The monoisotopic (exact) mass is 498 g/mol. The molecular formula is C24H27BrN4O3. The number of hydrogen-bond donors (Lipinski definition) is 0. The Morgan fingerprint density at radius 1 is 1.22 bits per heavy atom. The minimum absolute atomic E-state index is 0.0332. The van der Waals surface area contributed by atoms with Gasteiger partial charge >= 0.3 is 0 Å². The third-order valence-corrected chi connectivity index (χ3v) is 6.32. The summed E-state index contributed by atoms with van der Waals surface area (Å²) in [7, 11) is 3.52. The average Bonchev–Trinajstić information content (AvgIpc) is 3.28. The van der Waals surface area contributed by atoms with E-state index >= 15 is 0 Å². The number of piperidine rings is 1. The second-order valence-electron chi connectivity index (χ2n) is 8.08. The number of carbonyl (C=O) groups is 1. The van der Waals surface area contributed by atoms with Gasteiger partial charge < -0.3 is 14.2 Å². The standard InChI is InChI=1S/C24H27BrN4O3/c1-28(15-19-6-3-4-9-21(19)31-2)24(30)17-10-12-29(13-11-17)16-22-26-23(27-32-22)18-7-5-8-20(25)14-18/h3-9,14,17H,10-13,15-16H2,1-2H3. The first-order valence-electron chi connectivity index (χ1n) is 10.7. The maximum absolute atomic E-state index is 13.0. The van der Waals surface area contributed by atoms with Gasteiger partial charge in [0.05, 0.1) is 13.7 Å². The van der Waals surface area contributed by atoms with Crippen LogP contribution in [-0.4, -0.2) is 53.1 Å². The highest BCUT2D eigenvalue weighted by molar-refractivity contribution is 9.10. The Morgan fingerprint density at radius 2 is 2.00 bits per heavy atom. The molecule has 1 fully saturated rings. The molecule has 0 spiro atoms. The number of carbonyl (C=O) groups excluding carboxylic acids is 1. The lowest BCUT2D eigenvalue weighted by atomic mass is 9.95. The molecule has 0 aliphatic carbocycles. The molecule has 0 radical (unpaired) electrons. The van der Waals surface area contributed by atoms with Crippen molar-refractivity contribution < 1.29 is 14.1 Å². The van der Waals surface area contributed by atoms with Gasteiger partial charge in [-0.1, -0.05) is 51.4 Å². The number of hydrogen-bond acceptors (Lipinski definition) is 6. The van der Waals surface area contributed by atoms with Crippen molar-refractivity contribution in [1.82, 2.24) is 19.9 Å². The second-order valence-corrected chi connectivity index (χ2v) is 8.99. The van der Waals surface area contributed by atoms with E-state index in [9.17, 15) is 4.79 Å². The topological polar surface area (TPSA) is 71.7 Å². The molecule has 0 unspecified atom stereocenters. The molecule has 0 saturated carbocycles. The predicted octanol–water partition coefficient (Wildman–Crippen LogP) is 4.38. The quantitative estimate of drug-likeness (QED) is 0.481. The molecule has 0 N–H and O–H groups in total. The minimum Gasteiger partial charge on any atom is -0.496 e. The predicted molar refractivity (Wildman–Crippen MR) is 125 cm³/mol. The zero-order chi connectivity index (χ0) is 22.5. The van der Waals surface area contributed by atoms with E-state index in [-0.39, 0.29) is 11.8 Å². The number of likely N-dealkylation sites (tertiary alicyclic amines) is 1. The number of methoxy groups -OCH3 is 1. The number of halogens is 1. The highest BCUT2D eigenvalue weighted by Crippen LogP contribution is 2.25. The first kappa shape index (κ1) is 22.5. The number of rotatable bonds is 7. The van der Waals surface area contributed by atoms with Gasteiger partial charge in [-0.25, -0.2) is 0 Å². The van der Waals surface area contributed by atoms with Crippen LogP contribution < -0.4 is 4.74 Å². The van der Waals surface area contributed by atoms with Crippen LogP contribution >= 0.6 is 15.9 Å². The van der Waals surface area contributed by atoms with E-state index in [0.29, 0.717) is 24.8 Å². The number of ether oxygens (including phenoxy) is 1. The van der Waals surface area contributed by atoms with Crippen LogP contribution in [0.5, 0.6) is 5.75 Å². The van der Waals surface area contributed by atoms with Crippen molar-refractivity contribution in [3.63, 3.8) is 0 Å². The van der Waals surface area contributed by atoms with Crippen LogP contribution in [-0.2, 0) is 17.9 Å². The fraction of sp³-hybridized carbons (Fsp3) is 0.375. The average molecular weight is 499 g/mol. The molecule has 32 heavy (non-hydrogen) atoms. The maximum Gasteiger partial charge on any atom is 0.241 e. The second kappa shape index (κ2) is 10.3. The largest absolute Gasteiger partial charge is 0.496 e. The van der Waals surface area contributed by atoms with Crippen LogP contribution in [0.25, 0.3) is 11.4 Å². The van der Waals surface area contributed by atoms with Crippen LogP contribution in [0, 0.1) is 5.92 Å². The van der Waals surface area contributed by atoms with Gasteiger partial charge in [-0.05, 0) is 44.1 Å². The first-order valence-corrected chi connectivity index (χ1v) is 11.5. The summed E-state index contributed by atoms with van der Waals surface area (Å²) in [5, 5.41) is 4.11. The Morgan fingerprint density at radius 3 is 2.75 bits per heavy atom. The Bertz CT molecular complexity index is 1060. The minimum atomic E-state index is 0.0332. The van der Waals surface area contributed by atoms with Crippen molar-refractivity contribution in [2.75, 3.05) is 27.2 Å². The van der Waals surface area contributed by atoms with Crippen molar-refractivity contribution in [3.05, 3.63) is 64.5 Å². The smallest absolute Gasteiger partial charge is 0.241 e. The highest BCUT2D eigenvalue weighted by atomic mass is 79.9. The van der Waals surface area contributed by atoms with Crippen LogP contribution in [0.1, 0.15) is 24.3 Å². The zero-order valence-electron chi connectivity index (χ0n) is 18.3. The summed E-state index contributed by atoms with van der Waals surface area (Å²) in [6, 6.07) is 15.7. The molecule has 1 aliphatic heterocycles. The van der Waals surface area contributed by atoms with Crippen molar-refractivity contribution in [1.29, 1.82) is 0 Å². The van der Waals surface area contributed by atoms with Gasteiger partial charge in [0.25, 0.3) is 0 Å². The normalized spacial score (nSPS) is 15.0. The molecule has 7 nitrogen and oxygen atoms in total. The van der Waals surface area contributed by atoms with E-state index in [1.807, 2.05) is 55.6 Å². The van der Waals surface area contributed by atoms with E-state index in [1.54, 1.807) is 12.0 Å². The third-order valence-electron chi connectivity index (χ3n) is 5.82. The highest BCUT2D eigenvalue weighted by Gasteiger charge is 2.28. The first-order chi connectivity index (χ1) is 15.5. The van der Waals surface area contributed by atoms with Crippen molar-refractivity contribution >= 4 is 21.8 Å². The number of benzene rings is 2. The Labute approximate surface area is 196 Å². The van der Waals surface area contributed by atoms with Gasteiger partial charge in [0.1, 0.15) is 5.75 Å². The molecule has 2 heterocycles. The van der Waals surface area contributed by atoms with Gasteiger partial charge in [0.2, 0.25) is 17.6 Å². The molecule has 1 aliphatic rings. The Kier molecular flexibility index (Phi) is 7.22. The van der Waals surface area contributed by atoms with Crippen LogP contribution in [0.3, 0.4) is 0 Å². The van der Waals surface area contributed by atoms with E-state index in [0.717, 1.165) is 47.3 Å². The SMILES string of the molecule is COc1ccccc1CN(C)C(=O)C1CCN(Cc2nc(-c3cccc(Br)c3)no2)CC1. The summed E-state index contributed by atoms with van der Waals surface area (Å²) in [6.45, 7) is 2.80. The summed E-state index contributed by atoms with van der Waals surface area (Å²) in [6.07, 6.45) is 1.64. The van der Waals surface area contributed by atoms with Gasteiger partial charge in [-0.3, -0.25) is 9.69 Å². The molecule has 1 saturated heterocycles. The van der Waals surface area contributed by atoms with E-state index in [2.05, 4.69) is 31.0 Å². The zero-order valence-corrected chi connectivity index (χ0v) is 19.9. The fourth-order valence-corrected chi connectivity index (χ4v) is 4.47. The van der Waals surface area contributed by atoms with E-state index in [4.69, 9.17) is 9.26 Å². The number of para-hydroxylation sites is 1. The molecule has 1 aromatic heterocycles. The molecule has 8 heteroatoms. The molecule has 4 rings (SSSR count). The third kappa shape index (κ3) is 5.37. The molecule has 168 valence electrons. The van der Waals surface area contributed by atoms with E-state index < -0.39 is 0 Å². The van der Waals surface area contributed by atoms with Gasteiger partial charge in [-0.2, -0.15) is 4.98 Å². The Balaban J connectivity index is 1.29. The number of nitrogens with zero attached hydrogens (tertiary/aromatic N) is 4. The van der Waals surface area contributed by atoms with Crippen molar-refractivity contribution in [2.45, 2.75) is 25.9 Å². The van der Waals surface area contributed by atoms with Crippen molar-refractivity contribution in [3.8, 4) is 17.1 Å². The fourth-order valence-electron chi connectivity index (χ4n) is 4.07. The van der Waals surface area contributed by atoms with Gasteiger partial charge in [0, 0.05) is 35.1 Å². The summed E-state index contributed by atoms with van der Waals surface area (Å²) in [5.74, 6) is 2.21. The summed E-state index contributed by atoms with van der Waals surface area (Å²) < 4.78 is 11.8. The summed E-state index contributed by atoms with van der Waals surface area (Å²) in [4.78, 5) is 21.6. The lowest BCUT2D eigenvalue weighted by Crippen LogP contribution is -2.40. The maximum atomic E-state index is 13.0. The van der Waals surface area contributed by atoms with Crippen molar-refractivity contribution in [2.24, 2.45) is 5.92 Å². The van der Waals surface area contributed by atoms with Gasteiger partial charge in [-0.15, -0.1) is 0 Å². The van der Waals surface area contributed by atoms with Crippen LogP contribution in [0.2, 0.25) is 0 Å². The number of aromatic nitrogens is 2. The lowest BCUT2D eigenvalue weighted by Gasteiger charge is -2.32.